The van der Waals surface area contributed by atoms with E-state index >= 15 is 0 Å². The van der Waals surface area contributed by atoms with Crippen LogP contribution in [-0.4, -0.2) is 22.8 Å². The van der Waals surface area contributed by atoms with Gasteiger partial charge in [0, 0.05) is 18.3 Å². The molecule has 1 aromatic carbocycles. The lowest BCUT2D eigenvalue weighted by atomic mass is 10.0. The number of carbonyl (C=O) groups excluding carboxylic acids is 1. The zero-order valence-corrected chi connectivity index (χ0v) is 12.7. The van der Waals surface area contributed by atoms with Crippen LogP contribution in [0.1, 0.15) is 23.0 Å². The Labute approximate surface area is 123 Å². The number of nitrogens with two attached hydrogens (primary N) is 1. The van der Waals surface area contributed by atoms with Crippen LogP contribution in [0.4, 0.5) is 5.69 Å². The molecule has 112 valence electrons. The molecule has 3 N–H and O–H groups in total. The molecule has 2 rings (SSSR count). The fourth-order valence-electron chi connectivity index (χ4n) is 2.41. The molecule has 1 unspecified atom stereocenters. The first-order valence-corrected chi connectivity index (χ1v) is 6.64. The van der Waals surface area contributed by atoms with E-state index in [9.17, 15) is 4.79 Å². The number of benzene rings is 1. The number of nitrogens with zero attached hydrogens (tertiary/aromatic N) is 2. The molecule has 0 aliphatic heterocycles. The molecule has 0 radical (unpaired) electrons. The second-order valence-corrected chi connectivity index (χ2v) is 4.89. The van der Waals surface area contributed by atoms with E-state index in [1.165, 1.54) is 0 Å². The lowest BCUT2D eigenvalue weighted by Crippen LogP contribution is -2.28. The number of amides is 1. The molecule has 2 aromatic rings. The Balaban J connectivity index is 2.43. The van der Waals surface area contributed by atoms with Gasteiger partial charge in [0.1, 0.15) is 11.8 Å². The summed E-state index contributed by atoms with van der Waals surface area (Å²) in [5, 5.41) is 7.49. The van der Waals surface area contributed by atoms with E-state index in [-0.39, 0.29) is 0 Å². The number of aromatic nitrogens is 2. The fourth-order valence-corrected chi connectivity index (χ4v) is 2.41. The number of carbonyl (C=O) groups is 1. The summed E-state index contributed by atoms with van der Waals surface area (Å²) in [4.78, 5) is 11.9. The molecule has 6 nitrogen and oxygen atoms in total. The van der Waals surface area contributed by atoms with Crippen molar-refractivity contribution < 1.29 is 9.53 Å². The molecule has 0 spiro atoms. The number of hydrogen-bond donors (Lipinski definition) is 2. The van der Waals surface area contributed by atoms with E-state index in [2.05, 4.69) is 10.4 Å². The Hall–Kier alpha value is -2.50. The van der Waals surface area contributed by atoms with Gasteiger partial charge in [0.25, 0.3) is 0 Å². The maximum absolute atomic E-state index is 11.9. The van der Waals surface area contributed by atoms with Crippen LogP contribution in [0.25, 0.3) is 0 Å². The number of anilines is 1. The van der Waals surface area contributed by atoms with Crippen LogP contribution < -0.4 is 15.8 Å². The number of nitrogens with one attached hydrogen (secondary N) is 1. The first kappa shape index (κ1) is 14.9. The summed E-state index contributed by atoms with van der Waals surface area (Å²) in [5.41, 5.74) is 8.77. The molecule has 0 bridgehead atoms. The van der Waals surface area contributed by atoms with Crippen molar-refractivity contribution >= 4 is 11.6 Å². The van der Waals surface area contributed by atoms with Crippen molar-refractivity contribution in [3.05, 3.63) is 41.2 Å². The normalized spacial score (nSPS) is 12.0. The SMILES string of the molecule is COc1ccccc1NC(C(N)=O)c1c(C)nn(C)c1C. The molecule has 0 fully saturated rings. The molecule has 1 atom stereocenters. The minimum atomic E-state index is -0.657. The Kier molecular flexibility index (Phi) is 4.16. The van der Waals surface area contributed by atoms with E-state index in [1.807, 2.05) is 45.2 Å². The van der Waals surface area contributed by atoms with Crippen LogP contribution in [-0.2, 0) is 11.8 Å². The smallest absolute Gasteiger partial charge is 0.244 e. The quantitative estimate of drug-likeness (QED) is 0.877. The van der Waals surface area contributed by atoms with Crippen molar-refractivity contribution in [2.24, 2.45) is 12.8 Å². The van der Waals surface area contributed by atoms with Crippen molar-refractivity contribution in [2.45, 2.75) is 19.9 Å². The summed E-state index contributed by atoms with van der Waals surface area (Å²) in [6.45, 7) is 3.78. The van der Waals surface area contributed by atoms with Crippen molar-refractivity contribution in [3.8, 4) is 5.75 Å². The molecule has 1 heterocycles. The van der Waals surface area contributed by atoms with Gasteiger partial charge in [-0.25, -0.2) is 0 Å². The highest BCUT2D eigenvalue weighted by molar-refractivity contribution is 5.85. The first-order chi connectivity index (χ1) is 9.95. The summed E-state index contributed by atoms with van der Waals surface area (Å²) in [6.07, 6.45) is 0. The van der Waals surface area contributed by atoms with Gasteiger partial charge in [-0.05, 0) is 26.0 Å². The third-order valence-electron chi connectivity index (χ3n) is 3.54. The van der Waals surface area contributed by atoms with Crippen LogP contribution in [0.3, 0.4) is 0 Å². The number of primary amides is 1. The summed E-state index contributed by atoms with van der Waals surface area (Å²) < 4.78 is 7.03. The number of aryl methyl sites for hydroxylation is 2. The Morgan fingerprint density at radius 1 is 1.38 bits per heavy atom. The summed E-state index contributed by atoms with van der Waals surface area (Å²) in [7, 11) is 3.42. The molecule has 1 amide bonds. The number of methoxy groups -OCH3 is 1. The average Bonchev–Trinajstić information content (AvgIpc) is 2.70. The van der Waals surface area contributed by atoms with E-state index in [0.717, 1.165) is 17.0 Å². The van der Waals surface area contributed by atoms with Crippen LogP contribution in [0.5, 0.6) is 5.75 Å². The second kappa shape index (κ2) is 5.87. The number of hydrogen-bond acceptors (Lipinski definition) is 4. The van der Waals surface area contributed by atoms with Gasteiger partial charge in [0.15, 0.2) is 0 Å². The van der Waals surface area contributed by atoms with Crippen molar-refractivity contribution in [2.75, 3.05) is 12.4 Å². The largest absolute Gasteiger partial charge is 0.495 e. The standard InChI is InChI=1S/C15H20N4O2/c1-9-13(10(2)19(3)18-9)14(15(16)20)17-11-7-5-6-8-12(11)21-4/h5-8,14,17H,1-4H3,(H2,16,20). The van der Waals surface area contributed by atoms with E-state index < -0.39 is 11.9 Å². The molecule has 0 aliphatic carbocycles. The Bertz CT molecular complexity index is 664. The Morgan fingerprint density at radius 3 is 2.57 bits per heavy atom. The third-order valence-corrected chi connectivity index (χ3v) is 3.54. The topological polar surface area (TPSA) is 82.2 Å². The minimum absolute atomic E-state index is 0.458. The molecule has 0 saturated carbocycles. The zero-order valence-electron chi connectivity index (χ0n) is 12.7. The van der Waals surface area contributed by atoms with Crippen LogP contribution in [0, 0.1) is 13.8 Å². The molecule has 6 heteroatoms. The van der Waals surface area contributed by atoms with Gasteiger partial charge >= 0.3 is 0 Å². The molecular weight excluding hydrogens is 268 g/mol. The maximum Gasteiger partial charge on any atom is 0.244 e. The van der Waals surface area contributed by atoms with Crippen LogP contribution in [0.15, 0.2) is 24.3 Å². The minimum Gasteiger partial charge on any atom is -0.495 e. The summed E-state index contributed by atoms with van der Waals surface area (Å²) >= 11 is 0. The molecule has 21 heavy (non-hydrogen) atoms. The van der Waals surface area contributed by atoms with Gasteiger partial charge in [-0.2, -0.15) is 5.10 Å². The average molecular weight is 288 g/mol. The van der Waals surface area contributed by atoms with Crippen molar-refractivity contribution in [1.29, 1.82) is 0 Å². The molecule has 0 aliphatic rings. The number of para-hydroxylation sites is 2. The molecule has 0 saturated heterocycles. The highest BCUT2D eigenvalue weighted by Gasteiger charge is 2.25. The summed E-state index contributed by atoms with van der Waals surface area (Å²) in [5.74, 6) is 0.197. The van der Waals surface area contributed by atoms with Crippen LogP contribution >= 0.6 is 0 Å². The lowest BCUT2D eigenvalue weighted by Gasteiger charge is -2.19. The third kappa shape index (κ3) is 2.84. The first-order valence-electron chi connectivity index (χ1n) is 6.64. The monoisotopic (exact) mass is 288 g/mol. The van der Waals surface area contributed by atoms with Gasteiger partial charge < -0.3 is 15.8 Å². The molecular formula is C15H20N4O2. The highest BCUT2D eigenvalue weighted by Crippen LogP contribution is 2.30. The van der Waals surface area contributed by atoms with Gasteiger partial charge in [-0.1, -0.05) is 12.1 Å². The van der Waals surface area contributed by atoms with E-state index in [0.29, 0.717) is 11.4 Å². The maximum atomic E-state index is 11.9. The second-order valence-electron chi connectivity index (χ2n) is 4.89. The van der Waals surface area contributed by atoms with E-state index in [1.54, 1.807) is 11.8 Å². The predicted octanol–water partition coefficient (Wildman–Crippen LogP) is 1.68. The van der Waals surface area contributed by atoms with Crippen LogP contribution in [0.2, 0.25) is 0 Å². The zero-order chi connectivity index (χ0) is 15.6. The van der Waals surface area contributed by atoms with Gasteiger partial charge in [-0.15, -0.1) is 0 Å². The molecule has 1 aromatic heterocycles. The Morgan fingerprint density at radius 2 is 2.05 bits per heavy atom. The fraction of sp³-hybridized carbons (Fsp3) is 0.333. The van der Waals surface area contributed by atoms with Gasteiger partial charge in [0.2, 0.25) is 5.91 Å². The van der Waals surface area contributed by atoms with Crippen molar-refractivity contribution in [1.82, 2.24) is 9.78 Å². The van der Waals surface area contributed by atoms with Crippen molar-refractivity contribution in [3.63, 3.8) is 0 Å². The van der Waals surface area contributed by atoms with Gasteiger partial charge in [-0.3, -0.25) is 9.48 Å². The van der Waals surface area contributed by atoms with Gasteiger partial charge in [0.05, 0.1) is 18.5 Å². The van der Waals surface area contributed by atoms with E-state index in [4.69, 9.17) is 10.5 Å². The summed E-state index contributed by atoms with van der Waals surface area (Å²) in [6, 6.07) is 6.74. The number of rotatable bonds is 5. The lowest BCUT2D eigenvalue weighted by molar-refractivity contribution is -0.118. The number of ether oxygens (including phenoxy) is 1. The predicted molar refractivity (Wildman–Crippen MR) is 81.2 cm³/mol. The highest BCUT2D eigenvalue weighted by atomic mass is 16.5.